The third-order valence-corrected chi connectivity index (χ3v) is 5.62. The Hall–Kier alpha value is -0.720. The van der Waals surface area contributed by atoms with Crippen LogP contribution in [-0.4, -0.2) is 37.6 Å². The number of aromatic nitrogens is 2. The van der Waals surface area contributed by atoms with Gasteiger partial charge in [0.15, 0.2) is 0 Å². The maximum absolute atomic E-state index is 11.5. The van der Waals surface area contributed by atoms with Crippen LogP contribution < -0.4 is 0 Å². The van der Waals surface area contributed by atoms with Gasteiger partial charge >= 0.3 is 5.97 Å². The van der Waals surface area contributed by atoms with Crippen molar-refractivity contribution in [3.05, 3.63) is 10.0 Å². The fourth-order valence-corrected chi connectivity index (χ4v) is 4.30. The Morgan fingerprint density at radius 3 is 2.85 bits per heavy atom. The first kappa shape index (κ1) is 14.2. The molecule has 2 aliphatic rings. The molecule has 1 saturated carbocycles. The van der Waals surface area contributed by atoms with Crippen LogP contribution in [0, 0.1) is 5.92 Å². The van der Waals surface area contributed by atoms with E-state index in [0.29, 0.717) is 28.5 Å². The van der Waals surface area contributed by atoms with E-state index >= 15 is 0 Å². The minimum atomic E-state index is -0.728. The fraction of sp³-hybridized carbons (Fsp3) is 0.769. The summed E-state index contributed by atoms with van der Waals surface area (Å²) in [6.07, 6.45) is 6.52. The summed E-state index contributed by atoms with van der Waals surface area (Å²) >= 11 is 7.24. The van der Waals surface area contributed by atoms with Gasteiger partial charge in [-0.25, -0.2) is 0 Å². The Morgan fingerprint density at radius 2 is 2.15 bits per heavy atom. The van der Waals surface area contributed by atoms with Crippen molar-refractivity contribution in [3.8, 4) is 0 Å². The minimum absolute atomic E-state index is 0.358. The van der Waals surface area contributed by atoms with Crippen LogP contribution in [0.1, 0.15) is 44.2 Å². The number of nitrogens with zero attached hydrogens (tertiary/aromatic N) is 3. The molecule has 5 nitrogen and oxygen atoms in total. The summed E-state index contributed by atoms with van der Waals surface area (Å²) in [5, 5.41) is 13.5. The zero-order chi connectivity index (χ0) is 14.1. The van der Waals surface area contributed by atoms with Crippen molar-refractivity contribution in [1.82, 2.24) is 14.5 Å². The molecule has 2 fully saturated rings. The van der Waals surface area contributed by atoms with Crippen LogP contribution in [0.2, 0.25) is 4.34 Å². The molecule has 3 atom stereocenters. The summed E-state index contributed by atoms with van der Waals surface area (Å²) in [5.41, 5.74) is 0.717. The molecular weight excluding hydrogens is 298 g/mol. The lowest BCUT2D eigenvalue weighted by molar-refractivity contribution is -0.148. The average Bonchev–Trinajstić information content (AvgIpc) is 2.84. The molecule has 1 aliphatic carbocycles. The molecule has 0 bridgehead atoms. The number of carboxylic acids is 1. The van der Waals surface area contributed by atoms with E-state index in [2.05, 4.69) is 14.5 Å². The molecule has 2 heterocycles. The predicted molar refractivity (Wildman–Crippen MR) is 76.9 cm³/mol. The zero-order valence-electron chi connectivity index (χ0n) is 11.2. The van der Waals surface area contributed by atoms with Crippen molar-refractivity contribution < 1.29 is 9.90 Å². The highest BCUT2D eigenvalue weighted by atomic mass is 35.5. The number of likely N-dealkylation sites (tertiary alicyclic amines) is 1. The fourth-order valence-electron chi connectivity index (χ4n) is 3.69. The second-order valence-electron chi connectivity index (χ2n) is 5.71. The summed E-state index contributed by atoms with van der Waals surface area (Å²) in [4.78, 5) is 13.7. The van der Waals surface area contributed by atoms with E-state index in [4.69, 9.17) is 11.6 Å². The molecule has 3 unspecified atom stereocenters. The molecule has 0 radical (unpaired) electrons. The molecule has 1 saturated heterocycles. The van der Waals surface area contributed by atoms with Crippen LogP contribution in [0.25, 0.3) is 0 Å². The predicted octanol–water partition coefficient (Wildman–Crippen LogP) is 2.80. The lowest BCUT2D eigenvalue weighted by Gasteiger charge is -2.46. The highest BCUT2D eigenvalue weighted by Crippen LogP contribution is 2.39. The maximum Gasteiger partial charge on any atom is 0.320 e. The van der Waals surface area contributed by atoms with Gasteiger partial charge in [0.1, 0.15) is 16.1 Å². The van der Waals surface area contributed by atoms with E-state index in [-0.39, 0.29) is 0 Å². The summed E-state index contributed by atoms with van der Waals surface area (Å²) in [5.74, 6) is -0.0990. The monoisotopic (exact) mass is 315 g/mol. The molecule has 0 amide bonds. The van der Waals surface area contributed by atoms with E-state index in [1.165, 1.54) is 19.3 Å². The van der Waals surface area contributed by atoms with E-state index in [1.54, 1.807) is 0 Å². The summed E-state index contributed by atoms with van der Waals surface area (Å²) in [6.45, 7) is 0.507. The van der Waals surface area contributed by atoms with Gasteiger partial charge in [0.2, 0.25) is 0 Å². The smallest absolute Gasteiger partial charge is 0.320 e. The summed E-state index contributed by atoms with van der Waals surface area (Å²) < 4.78 is 4.42. The van der Waals surface area contributed by atoms with Crippen molar-refractivity contribution in [2.75, 3.05) is 0 Å². The van der Waals surface area contributed by atoms with E-state index in [9.17, 15) is 9.90 Å². The highest BCUT2D eigenvalue weighted by molar-refractivity contribution is 7.10. The van der Waals surface area contributed by atoms with E-state index < -0.39 is 12.0 Å². The Morgan fingerprint density at radius 1 is 1.35 bits per heavy atom. The maximum atomic E-state index is 11.5. The van der Waals surface area contributed by atoms with Crippen molar-refractivity contribution in [2.24, 2.45) is 5.92 Å². The molecule has 7 heteroatoms. The van der Waals surface area contributed by atoms with Gasteiger partial charge in [0.25, 0.3) is 0 Å². The Balaban J connectivity index is 1.84. The Kier molecular flexibility index (Phi) is 4.23. The first-order valence-corrected chi connectivity index (χ1v) is 8.27. The zero-order valence-corrected chi connectivity index (χ0v) is 12.7. The quantitative estimate of drug-likeness (QED) is 0.929. The van der Waals surface area contributed by atoms with Crippen LogP contribution in [0.4, 0.5) is 0 Å². The largest absolute Gasteiger partial charge is 0.480 e. The van der Waals surface area contributed by atoms with Gasteiger partial charge < -0.3 is 5.11 Å². The van der Waals surface area contributed by atoms with Gasteiger partial charge in [-0.3, -0.25) is 9.69 Å². The van der Waals surface area contributed by atoms with Gasteiger partial charge in [-0.05, 0) is 31.6 Å². The van der Waals surface area contributed by atoms with Crippen molar-refractivity contribution in [2.45, 2.75) is 57.2 Å². The molecule has 0 aromatic carbocycles. The van der Waals surface area contributed by atoms with Crippen LogP contribution in [0.5, 0.6) is 0 Å². The molecule has 1 aromatic heterocycles. The molecule has 1 N–H and O–H groups in total. The second kappa shape index (κ2) is 5.95. The van der Waals surface area contributed by atoms with Gasteiger partial charge in [-0.15, -0.1) is 5.10 Å². The highest BCUT2D eigenvalue weighted by Gasteiger charge is 2.41. The standard InChI is InChI=1S/C13H18ClN3O2S/c14-12-9(15-16-20-12)7-17-10-4-2-1-3-8(10)5-6-11(17)13(18)19/h8,10-11H,1-7H2,(H,18,19). The van der Waals surface area contributed by atoms with Crippen LogP contribution >= 0.6 is 23.1 Å². The molecule has 1 aromatic rings. The number of carboxylic acid groups (broad SMARTS) is 1. The second-order valence-corrected chi connectivity index (χ2v) is 7.07. The van der Waals surface area contributed by atoms with Crippen LogP contribution in [-0.2, 0) is 11.3 Å². The topological polar surface area (TPSA) is 66.3 Å². The SMILES string of the molecule is O=C(O)C1CCC2CCCCC2N1Cc1nnsc1Cl. The Bertz CT molecular complexity index is 496. The number of aliphatic carboxylic acids is 1. The van der Waals surface area contributed by atoms with Gasteiger partial charge in [0, 0.05) is 24.1 Å². The first-order chi connectivity index (χ1) is 9.66. The number of piperidine rings is 1. The summed E-state index contributed by atoms with van der Waals surface area (Å²) in [7, 11) is 0. The van der Waals surface area contributed by atoms with Crippen molar-refractivity contribution in [1.29, 1.82) is 0 Å². The van der Waals surface area contributed by atoms with Gasteiger partial charge in [0.05, 0.1) is 0 Å². The van der Waals surface area contributed by atoms with Crippen LogP contribution in [0.3, 0.4) is 0 Å². The van der Waals surface area contributed by atoms with Crippen molar-refractivity contribution in [3.63, 3.8) is 0 Å². The third-order valence-electron chi connectivity index (χ3n) is 4.63. The number of carbonyl (C=O) groups is 1. The normalized spacial score (nSPS) is 30.9. The van der Waals surface area contributed by atoms with Crippen LogP contribution in [0.15, 0.2) is 0 Å². The molecule has 0 spiro atoms. The van der Waals surface area contributed by atoms with E-state index in [0.717, 1.165) is 30.8 Å². The molecule has 3 rings (SSSR count). The van der Waals surface area contributed by atoms with Gasteiger partial charge in [-0.2, -0.15) is 0 Å². The molecule has 20 heavy (non-hydrogen) atoms. The third kappa shape index (κ3) is 2.69. The first-order valence-electron chi connectivity index (χ1n) is 7.12. The van der Waals surface area contributed by atoms with E-state index in [1.807, 2.05) is 0 Å². The number of rotatable bonds is 3. The Labute approximate surface area is 127 Å². The van der Waals surface area contributed by atoms with Gasteiger partial charge in [-0.1, -0.05) is 28.9 Å². The molecule has 1 aliphatic heterocycles. The number of halogens is 1. The summed E-state index contributed by atoms with van der Waals surface area (Å²) in [6, 6.07) is -0.0523. The molecule has 110 valence electrons. The lowest BCUT2D eigenvalue weighted by Crippen LogP contribution is -2.54. The molecular formula is C13H18ClN3O2S. The number of hydrogen-bond donors (Lipinski definition) is 1. The minimum Gasteiger partial charge on any atom is -0.480 e. The average molecular weight is 316 g/mol. The number of fused-ring (bicyclic) bond motifs is 1. The number of hydrogen-bond acceptors (Lipinski definition) is 5. The lowest BCUT2D eigenvalue weighted by atomic mass is 9.76. The van der Waals surface area contributed by atoms with Crippen molar-refractivity contribution >= 4 is 29.1 Å².